The summed E-state index contributed by atoms with van der Waals surface area (Å²) >= 11 is 6.19. The maximum Gasteiger partial charge on any atom is 0.338 e. The number of halogens is 1. The van der Waals surface area contributed by atoms with E-state index < -0.39 is 62.3 Å². The van der Waals surface area contributed by atoms with Gasteiger partial charge in [0.05, 0.1) is 12.4 Å². The molecule has 2 aliphatic rings. The number of rotatable bonds is 11. The van der Waals surface area contributed by atoms with Gasteiger partial charge < -0.3 is 35.6 Å². The van der Waals surface area contributed by atoms with Crippen molar-refractivity contribution in [3.8, 4) is 0 Å². The fourth-order valence-corrected chi connectivity index (χ4v) is 6.36. The molecule has 228 valence electrons. The van der Waals surface area contributed by atoms with Gasteiger partial charge in [-0.15, -0.1) is 0 Å². The third-order valence-electron chi connectivity index (χ3n) is 6.91. The third-order valence-corrected chi connectivity index (χ3v) is 8.54. The molecule has 8 N–H and O–H groups in total. The lowest BCUT2D eigenvalue weighted by Crippen LogP contribution is -2.47. The topological polar surface area (TPSA) is 233 Å². The number of nitrogens with one attached hydrogen (secondary N) is 2. The normalized spacial score (nSPS) is 25.4. The number of ether oxygens (including phenoxy) is 2. The molecule has 1 saturated heterocycles. The summed E-state index contributed by atoms with van der Waals surface area (Å²) in [5, 5.41) is 27.2. The molecule has 0 aromatic carbocycles. The summed E-state index contributed by atoms with van der Waals surface area (Å²) in [6.07, 6.45) is -1.85. The van der Waals surface area contributed by atoms with Crippen molar-refractivity contribution in [1.29, 1.82) is 0 Å². The van der Waals surface area contributed by atoms with E-state index in [1.807, 2.05) is 0 Å². The van der Waals surface area contributed by atoms with Crippen LogP contribution >= 0.6 is 19.0 Å². The molecule has 2 aromatic heterocycles. The molecular weight excluding hydrogens is 581 g/mol. The molecule has 16 nitrogen and oxygen atoms in total. The Morgan fingerprint density at radius 2 is 1.98 bits per heavy atom. The number of carbonyl (C=O) groups is 2. The van der Waals surface area contributed by atoms with E-state index in [2.05, 4.69) is 25.4 Å². The predicted octanol–water partition coefficient (Wildman–Crippen LogP) is -0.110. The van der Waals surface area contributed by atoms with Crippen molar-refractivity contribution in [3.05, 3.63) is 11.6 Å². The number of fused-ring (bicyclic) bond motifs is 1. The fourth-order valence-electron chi connectivity index (χ4n) is 4.88. The second-order valence-electron chi connectivity index (χ2n) is 10.7. The Bertz CT molecular complexity index is 1310. The molecule has 6 atom stereocenters. The molecule has 0 bridgehead atoms. The first kappa shape index (κ1) is 31.5. The number of aromatic nitrogens is 4. The summed E-state index contributed by atoms with van der Waals surface area (Å²) < 4.78 is 25.1. The highest BCUT2D eigenvalue weighted by Gasteiger charge is 2.45. The Balaban J connectivity index is 1.41. The monoisotopic (exact) mass is 617 g/mol. The zero-order valence-electron chi connectivity index (χ0n) is 23.0. The Labute approximate surface area is 241 Å². The summed E-state index contributed by atoms with van der Waals surface area (Å²) in [6.45, 7) is 3.07. The van der Waals surface area contributed by atoms with Crippen LogP contribution in [0.4, 0.5) is 5.82 Å². The number of hydrogen-bond donors (Lipinski definition) is 6. The zero-order valence-corrected chi connectivity index (χ0v) is 24.7. The van der Waals surface area contributed by atoms with Gasteiger partial charge in [-0.2, -0.15) is 9.97 Å². The number of carbonyl (C=O) groups excluding carboxylic acids is 2. The van der Waals surface area contributed by atoms with Gasteiger partial charge in [0.15, 0.2) is 29.4 Å². The van der Waals surface area contributed by atoms with E-state index >= 15 is 0 Å². The van der Waals surface area contributed by atoms with Crippen LogP contribution in [0.5, 0.6) is 0 Å². The van der Waals surface area contributed by atoms with Gasteiger partial charge in [0.1, 0.15) is 24.5 Å². The first-order valence-corrected chi connectivity index (χ1v) is 15.6. The summed E-state index contributed by atoms with van der Waals surface area (Å²) in [5.41, 5.74) is 12.1. The first-order valence-electron chi connectivity index (χ1n) is 13.3. The van der Waals surface area contributed by atoms with Crippen LogP contribution in [0.25, 0.3) is 11.2 Å². The van der Waals surface area contributed by atoms with E-state index in [1.165, 1.54) is 17.9 Å². The highest BCUT2D eigenvalue weighted by Crippen LogP contribution is 2.35. The van der Waals surface area contributed by atoms with Crippen LogP contribution in [0.15, 0.2) is 6.33 Å². The summed E-state index contributed by atoms with van der Waals surface area (Å²) in [6, 6.07) is 0.241. The molecule has 1 unspecified atom stereocenters. The lowest BCUT2D eigenvalue weighted by atomic mass is 10.1. The lowest BCUT2D eigenvalue weighted by molar-refractivity contribution is -0.149. The Morgan fingerprint density at radius 3 is 2.63 bits per heavy atom. The van der Waals surface area contributed by atoms with E-state index in [1.54, 1.807) is 13.8 Å². The highest BCUT2D eigenvalue weighted by molar-refractivity contribution is 7.60. The minimum atomic E-state index is -3.89. The van der Waals surface area contributed by atoms with Gasteiger partial charge in [0, 0.05) is 19.6 Å². The number of esters is 1. The molecule has 1 amide bonds. The molecule has 0 radical (unpaired) electrons. The number of amides is 1. The Kier molecular flexibility index (Phi) is 9.86. The molecule has 41 heavy (non-hydrogen) atoms. The minimum absolute atomic E-state index is 0.0216. The predicted molar refractivity (Wildman–Crippen MR) is 149 cm³/mol. The van der Waals surface area contributed by atoms with Crippen molar-refractivity contribution in [1.82, 2.24) is 29.5 Å². The maximum absolute atomic E-state index is 12.8. The molecule has 1 aliphatic carbocycles. The molecule has 2 fully saturated rings. The van der Waals surface area contributed by atoms with Crippen molar-refractivity contribution in [2.45, 2.75) is 82.4 Å². The largest absolute Gasteiger partial charge is 0.461 e. The molecule has 0 spiro atoms. The van der Waals surface area contributed by atoms with Crippen molar-refractivity contribution in [2.24, 2.45) is 11.2 Å². The SMILES string of the molecule is CC(C)OC(=O)[C@H](N)NP(N)(=O)CC(=O)N(C)C[C@H]1O[C@@H](n2cnc3c(NC4CCCC4)nc(Cl)nc32)[C@H](O)[C@@H]1O. The van der Waals surface area contributed by atoms with Crippen LogP contribution in [0.2, 0.25) is 5.28 Å². The molecule has 3 heterocycles. The van der Waals surface area contributed by atoms with E-state index in [0.29, 0.717) is 17.0 Å². The van der Waals surface area contributed by atoms with E-state index in [0.717, 1.165) is 30.6 Å². The average molecular weight is 618 g/mol. The van der Waals surface area contributed by atoms with E-state index in [9.17, 15) is 24.4 Å². The molecule has 2 aromatic rings. The zero-order chi connectivity index (χ0) is 30.1. The smallest absolute Gasteiger partial charge is 0.338 e. The van der Waals surface area contributed by atoms with Crippen LogP contribution in [-0.4, -0.2) is 103 Å². The maximum atomic E-state index is 12.8. The molecule has 18 heteroatoms. The van der Waals surface area contributed by atoms with Crippen LogP contribution in [-0.2, 0) is 23.6 Å². The number of imidazole rings is 1. The van der Waals surface area contributed by atoms with Crippen LogP contribution in [0.1, 0.15) is 45.8 Å². The molecular formula is C23H37ClN9O7P. The van der Waals surface area contributed by atoms with Gasteiger partial charge in [0.2, 0.25) is 18.6 Å². The van der Waals surface area contributed by atoms with Crippen molar-refractivity contribution in [2.75, 3.05) is 25.1 Å². The Morgan fingerprint density at radius 1 is 1.29 bits per heavy atom. The van der Waals surface area contributed by atoms with Crippen LogP contribution < -0.4 is 21.6 Å². The average Bonchev–Trinajstić information content (AvgIpc) is 3.59. The van der Waals surface area contributed by atoms with Gasteiger partial charge in [-0.05, 0) is 38.3 Å². The van der Waals surface area contributed by atoms with Crippen molar-refractivity contribution < 1.29 is 33.8 Å². The first-order chi connectivity index (χ1) is 19.3. The van der Waals surface area contributed by atoms with Crippen molar-refractivity contribution in [3.63, 3.8) is 0 Å². The number of anilines is 1. The summed E-state index contributed by atoms with van der Waals surface area (Å²) in [4.78, 5) is 38.8. The minimum Gasteiger partial charge on any atom is -0.461 e. The summed E-state index contributed by atoms with van der Waals surface area (Å²) in [7, 11) is -2.50. The quantitative estimate of drug-likeness (QED) is 0.0835. The number of nitrogens with two attached hydrogens (primary N) is 2. The van der Waals surface area contributed by atoms with E-state index in [-0.39, 0.29) is 17.9 Å². The second-order valence-corrected chi connectivity index (χ2v) is 13.2. The number of likely N-dealkylation sites (N-methyl/N-ethyl adjacent to an activating group) is 1. The summed E-state index contributed by atoms with van der Waals surface area (Å²) in [5.74, 6) is -1.07. The van der Waals surface area contributed by atoms with Gasteiger partial charge in [-0.3, -0.25) is 19.4 Å². The number of nitrogens with zero attached hydrogens (tertiary/aromatic N) is 5. The van der Waals surface area contributed by atoms with Crippen molar-refractivity contribution >= 4 is 47.9 Å². The standard InChI is InChI=1S/C23H37ClN9O7P/c1-11(2)39-22(37)18(25)31-41(26,38)9-14(34)32(3)8-13-16(35)17(36)21(40-13)33-10-27-15-19(28-12-6-4-5-7-12)29-23(24)30-20(15)33/h10-13,16-18,21,35-36H,4-9,25H2,1-3H3,(H3,26,31,38)(H,28,29,30)/t13-,16-,17-,18-,21-,41?/m1/s1. The van der Waals surface area contributed by atoms with Gasteiger partial charge in [-0.1, -0.05) is 12.8 Å². The number of hydrogen-bond acceptors (Lipinski definition) is 12. The second kappa shape index (κ2) is 12.8. The number of aliphatic hydroxyl groups is 2. The fraction of sp³-hybridized carbons (Fsp3) is 0.696. The van der Waals surface area contributed by atoms with Gasteiger partial charge in [-0.25, -0.2) is 14.9 Å². The molecule has 1 saturated carbocycles. The third kappa shape index (κ3) is 7.51. The highest BCUT2D eigenvalue weighted by atomic mass is 35.5. The molecule has 1 aliphatic heterocycles. The van der Waals surface area contributed by atoms with Gasteiger partial charge in [0.25, 0.3) is 0 Å². The molecule has 4 rings (SSSR count). The Hall–Kier alpha value is -2.43. The lowest BCUT2D eigenvalue weighted by Gasteiger charge is -2.25. The number of aliphatic hydroxyl groups excluding tert-OH is 2. The van der Waals surface area contributed by atoms with Crippen LogP contribution in [0.3, 0.4) is 0 Å². The van der Waals surface area contributed by atoms with E-state index in [4.69, 9.17) is 32.3 Å². The van der Waals surface area contributed by atoms with Crippen LogP contribution in [0, 0.1) is 0 Å². The van der Waals surface area contributed by atoms with Gasteiger partial charge >= 0.3 is 5.97 Å².